The molecule has 140 valence electrons. The van der Waals surface area contributed by atoms with Crippen LogP contribution in [0.3, 0.4) is 0 Å². The topological polar surface area (TPSA) is 145 Å². The van der Waals surface area contributed by atoms with Crippen LogP contribution in [-0.4, -0.2) is 68.8 Å². The number of esters is 1. The first-order valence-electron chi connectivity index (χ1n) is 7.85. The minimum absolute atomic E-state index is 0.000522. The van der Waals surface area contributed by atoms with E-state index in [0.29, 0.717) is 0 Å². The van der Waals surface area contributed by atoms with E-state index >= 15 is 0 Å². The quantitative estimate of drug-likeness (QED) is 0.303. The fourth-order valence-corrected chi connectivity index (χ4v) is 2.07. The van der Waals surface area contributed by atoms with Crippen LogP contribution in [0.1, 0.15) is 41.0 Å². The molecule has 5 N–H and O–H groups in total. The maximum atomic E-state index is 12.1. The first kappa shape index (κ1) is 21.0. The van der Waals surface area contributed by atoms with Crippen molar-refractivity contribution in [3.63, 3.8) is 0 Å². The van der Waals surface area contributed by atoms with E-state index in [4.69, 9.17) is 9.84 Å². The van der Waals surface area contributed by atoms with Crippen LogP contribution in [0, 0.1) is 5.92 Å². The minimum Gasteiger partial charge on any atom is -0.507 e. The molecule has 0 unspecified atom stereocenters. The molecule has 0 radical (unpaired) electrons. The Kier molecular flexibility index (Phi) is 7.98. The summed E-state index contributed by atoms with van der Waals surface area (Å²) in [5.74, 6) is -1.35. The average molecular weight is 356 g/mol. The second-order valence-electron chi connectivity index (χ2n) is 6.16. The molecule has 0 fully saturated rings. The standard InChI is InChI=1S/C17H24O8/c1-9(2)5-13(20)11-6-10(3-4-12(11)19)17(24)25-8-15(22)16(23)14(21)7-18/h3-4,6,9,14-16,18-19,21-23H,5,7-8H2,1-2H3/t14-,15-,16+/m1/s1. The Bertz CT molecular complexity index is 598. The van der Waals surface area contributed by atoms with Crippen molar-refractivity contribution in [1.82, 2.24) is 0 Å². The van der Waals surface area contributed by atoms with Crippen LogP contribution in [0.4, 0.5) is 0 Å². The average Bonchev–Trinajstić information content (AvgIpc) is 2.57. The predicted molar refractivity (Wildman–Crippen MR) is 87.3 cm³/mol. The molecular weight excluding hydrogens is 332 g/mol. The van der Waals surface area contributed by atoms with Gasteiger partial charge in [-0.3, -0.25) is 4.79 Å². The molecular formula is C17H24O8. The van der Waals surface area contributed by atoms with E-state index in [1.807, 2.05) is 13.8 Å². The summed E-state index contributed by atoms with van der Waals surface area (Å²) in [7, 11) is 0. The molecule has 0 aromatic heterocycles. The van der Waals surface area contributed by atoms with Crippen molar-refractivity contribution >= 4 is 11.8 Å². The van der Waals surface area contributed by atoms with Gasteiger partial charge in [-0.05, 0) is 24.1 Å². The van der Waals surface area contributed by atoms with E-state index in [9.17, 15) is 30.0 Å². The second kappa shape index (κ2) is 9.47. The van der Waals surface area contributed by atoms with Crippen molar-refractivity contribution in [2.24, 2.45) is 5.92 Å². The van der Waals surface area contributed by atoms with Gasteiger partial charge in [0.1, 0.15) is 30.7 Å². The molecule has 1 aromatic rings. The zero-order valence-electron chi connectivity index (χ0n) is 14.1. The molecule has 0 heterocycles. The van der Waals surface area contributed by atoms with Gasteiger partial charge in [-0.15, -0.1) is 0 Å². The highest BCUT2D eigenvalue weighted by Crippen LogP contribution is 2.22. The highest BCUT2D eigenvalue weighted by atomic mass is 16.5. The molecule has 1 aromatic carbocycles. The van der Waals surface area contributed by atoms with E-state index in [1.165, 1.54) is 18.2 Å². The molecule has 0 amide bonds. The number of aromatic hydroxyl groups is 1. The minimum atomic E-state index is -1.68. The summed E-state index contributed by atoms with van der Waals surface area (Å²) in [6.07, 6.45) is -4.63. The maximum absolute atomic E-state index is 12.1. The highest BCUT2D eigenvalue weighted by Gasteiger charge is 2.25. The lowest BCUT2D eigenvalue weighted by Crippen LogP contribution is -2.42. The fraction of sp³-hybridized carbons (Fsp3) is 0.529. The van der Waals surface area contributed by atoms with Gasteiger partial charge >= 0.3 is 5.97 Å². The number of phenolic OH excluding ortho intramolecular Hbond substituents is 1. The van der Waals surface area contributed by atoms with E-state index in [-0.39, 0.29) is 35.0 Å². The molecule has 0 saturated carbocycles. The Morgan fingerprint density at radius 2 is 1.76 bits per heavy atom. The first-order valence-corrected chi connectivity index (χ1v) is 7.85. The Labute approximate surface area is 145 Å². The number of carbonyl (C=O) groups is 2. The van der Waals surface area contributed by atoms with Gasteiger partial charge in [0.25, 0.3) is 0 Å². The number of hydrogen-bond acceptors (Lipinski definition) is 8. The van der Waals surface area contributed by atoms with Crippen LogP contribution in [0.5, 0.6) is 5.75 Å². The zero-order valence-corrected chi connectivity index (χ0v) is 14.1. The van der Waals surface area contributed by atoms with Gasteiger partial charge in [0.15, 0.2) is 5.78 Å². The lowest BCUT2D eigenvalue weighted by atomic mass is 9.99. The van der Waals surface area contributed by atoms with Crippen LogP contribution in [0.2, 0.25) is 0 Å². The van der Waals surface area contributed by atoms with Crippen molar-refractivity contribution in [3.8, 4) is 5.75 Å². The lowest BCUT2D eigenvalue weighted by molar-refractivity contribution is -0.0925. The number of rotatable bonds is 9. The molecule has 0 aliphatic heterocycles. The predicted octanol–water partition coefficient (Wildman–Crippen LogP) is -0.147. The third-order valence-electron chi connectivity index (χ3n) is 3.49. The summed E-state index contributed by atoms with van der Waals surface area (Å²) in [5, 5.41) is 46.8. The number of phenols is 1. The lowest BCUT2D eigenvalue weighted by Gasteiger charge is -2.21. The molecule has 1 rings (SSSR count). The Balaban J connectivity index is 2.77. The number of ether oxygens (including phenoxy) is 1. The number of ketones is 1. The van der Waals surface area contributed by atoms with E-state index in [1.54, 1.807) is 0 Å². The third-order valence-corrected chi connectivity index (χ3v) is 3.49. The van der Waals surface area contributed by atoms with Crippen molar-refractivity contribution in [1.29, 1.82) is 0 Å². The maximum Gasteiger partial charge on any atom is 0.338 e. The molecule has 3 atom stereocenters. The van der Waals surface area contributed by atoms with E-state index in [2.05, 4.69) is 0 Å². The van der Waals surface area contributed by atoms with Crippen LogP contribution >= 0.6 is 0 Å². The van der Waals surface area contributed by atoms with Crippen LogP contribution in [0.15, 0.2) is 18.2 Å². The van der Waals surface area contributed by atoms with Gasteiger partial charge in [-0.1, -0.05) is 13.8 Å². The summed E-state index contributed by atoms with van der Waals surface area (Å²) >= 11 is 0. The molecule has 8 heteroatoms. The highest BCUT2D eigenvalue weighted by molar-refractivity contribution is 6.01. The van der Waals surface area contributed by atoms with Crippen molar-refractivity contribution in [3.05, 3.63) is 29.3 Å². The van der Waals surface area contributed by atoms with Crippen molar-refractivity contribution in [2.45, 2.75) is 38.6 Å². The normalized spacial score (nSPS) is 14.8. The molecule has 8 nitrogen and oxygen atoms in total. The molecule has 0 aliphatic rings. The van der Waals surface area contributed by atoms with Crippen molar-refractivity contribution in [2.75, 3.05) is 13.2 Å². The van der Waals surface area contributed by atoms with Gasteiger partial charge in [0.2, 0.25) is 0 Å². The van der Waals surface area contributed by atoms with Crippen LogP contribution < -0.4 is 0 Å². The monoisotopic (exact) mass is 356 g/mol. The SMILES string of the molecule is CC(C)CC(=O)c1cc(C(=O)OC[C@@H](O)[C@@H](O)[C@H](O)CO)ccc1O. The smallest absolute Gasteiger partial charge is 0.338 e. The van der Waals surface area contributed by atoms with Crippen LogP contribution in [-0.2, 0) is 4.74 Å². The first-order chi connectivity index (χ1) is 11.7. The zero-order chi connectivity index (χ0) is 19.1. The summed E-state index contributed by atoms with van der Waals surface area (Å²) in [6, 6.07) is 3.66. The molecule has 25 heavy (non-hydrogen) atoms. The summed E-state index contributed by atoms with van der Waals surface area (Å²) < 4.78 is 4.83. The Morgan fingerprint density at radius 3 is 2.32 bits per heavy atom. The number of Topliss-reactive ketones (excluding diaryl/α,β-unsaturated/α-hetero) is 1. The number of carbonyl (C=O) groups excluding carboxylic acids is 2. The molecule has 0 spiro atoms. The third kappa shape index (κ3) is 6.09. The Morgan fingerprint density at radius 1 is 1.12 bits per heavy atom. The number of aliphatic hydroxyl groups excluding tert-OH is 4. The number of benzene rings is 1. The van der Waals surface area contributed by atoms with Gasteiger partial charge in [-0.25, -0.2) is 4.79 Å². The van der Waals surface area contributed by atoms with Gasteiger partial charge in [0.05, 0.1) is 17.7 Å². The van der Waals surface area contributed by atoms with Crippen molar-refractivity contribution < 1.29 is 39.9 Å². The van der Waals surface area contributed by atoms with Gasteiger partial charge in [-0.2, -0.15) is 0 Å². The van der Waals surface area contributed by atoms with Gasteiger partial charge in [0, 0.05) is 6.42 Å². The van der Waals surface area contributed by atoms with E-state index in [0.717, 1.165) is 0 Å². The molecule has 0 bridgehead atoms. The van der Waals surface area contributed by atoms with E-state index < -0.39 is 37.5 Å². The summed E-state index contributed by atoms with van der Waals surface area (Å²) in [6.45, 7) is 2.32. The summed E-state index contributed by atoms with van der Waals surface area (Å²) in [5.41, 5.74) is -0.00580. The number of aliphatic hydroxyl groups is 4. The fourth-order valence-electron chi connectivity index (χ4n) is 2.07. The van der Waals surface area contributed by atoms with Crippen LogP contribution in [0.25, 0.3) is 0 Å². The van der Waals surface area contributed by atoms with Gasteiger partial charge < -0.3 is 30.3 Å². The summed E-state index contributed by atoms with van der Waals surface area (Å²) in [4.78, 5) is 24.1. The molecule has 0 aliphatic carbocycles. The second-order valence-corrected chi connectivity index (χ2v) is 6.16. The largest absolute Gasteiger partial charge is 0.507 e. The number of hydrogen-bond donors (Lipinski definition) is 5. The molecule has 0 saturated heterocycles. The Hall–Kier alpha value is -2.00.